The van der Waals surface area contributed by atoms with Gasteiger partial charge in [0.1, 0.15) is 12.2 Å². The number of carbonyl (C=O) groups is 2. The van der Waals surface area contributed by atoms with Gasteiger partial charge < -0.3 is 15.5 Å². The molecule has 0 radical (unpaired) electrons. The molecule has 1 aliphatic heterocycles. The Morgan fingerprint density at radius 1 is 1.16 bits per heavy atom. The van der Waals surface area contributed by atoms with E-state index in [2.05, 4.69) is 22.8 Å². The van der Waals surface area contributed by atoms with E-state index in [1.165, 1.54) is 10.5 Å². The predicted molar refractivity (Wildman–Crippen MR) is 115 cm³/mol. The van der Waals surface area contributed by atoms with E-state index in [9.17, 15) is 14.0 Å². The highest BCUT2D eigenvalue weighted by Crippen LogP contribution is 2.52. The molecule has 1 saturated heterocycles. The van der Waals surface area contributed by atoms with Crippen molar-refractivity contribution in [3.8, 4) is 6.07 Å². The first-order chi connectivity index (χ1) is 14.8. The van der Waals surface area contributed by atoms with Crippen molar-refractivity contribution in [2.45, 2.75) is 76.2 Å². The lowest BCUT2D eigenvalue weighted by molar-refractivity contribution is -0.139. The quantitative estimate of drug-likeness (QED) is 0.733. The van der Waals surface area contributed by atoms with Crippen molar-refractivity contribution >= 4 is 11.8 Å². The van der Waals surface area contributed by atoms with Gasteiger partial charge in [-0.2, -0.15) is 5.26 Å². The number of benzene rings is 1. The molecule has 6 nitrogen and oxygen atoms in total. The van der Waals surface area contributed by atoms with Crippen molar-refractivity contribution in [2.24, 2.45) is 5.41 Å². The van der Waals surface area contributed by atoms with Crippen LogP contribution in [0.5, 0.6) is 0 Å². The minimum absolute atomic E-state index is 0.00993. The number of halogens is 1. The second kappa shape index (κ2) is 8.58. The lowest BCUT2D eigenvalue weighted by Gasteiger charge is -2.53. The van der Waals surface area contributed by atoms with Crippen molar-refractivity contribution in [2.75, 3.05) is 13.1 Å². The molecular formula is C24H31FN4O2. The van der Waals surface area contributed by atoms with Crippen LogP contribution in [0.4, 0.5) is 4.39 Å². The van der Waals surface area contributed by atoms with Gasteiger partial charge in [-0.25, -0.2) is 4.39 Å². The molecule has 31 heavy (non-hydrogen) atoms. The standard InChI is InChI=1S/C24H31FN4O2/c1-17-2-4-18(5-3-17)14-27-22(31)23-6-9-24(10-7-23,11-8-23)28-15-21(30)29-16-19(25)12-20(29)13-26/h2-5,19-20,28H,6-12,14-16H2,1H3,(H,27,31)/t19-,20-,23?,24?/m0/s1. The van der Waals surface area contributed by atoms with Crippen molar-refractivity contribution < 1.29 is 14.0 Å². The van der Waals surface area contributed by atoms with Crippen LogP contribution in [0, 0.1) is 23.7 Å². The normalized spacial score (nSPS) is 32.0. The smallest absolute Gasteiger partial charge is 0.237 e. The number of hydrogen-bond donors (Lipinski definition) is 2. The summed E-state index contributed by atoms with van der Waals surface area (Å²) in [6.07, 6.45) is 3.98. The Bertz CT molecular complexity index is 854. The van der Waals surface area contributed by atoms with E-state index in [0.29, 0.717) is 6.54 Å². The summed E-state index contributed by atoms with van der Waals surface area (Å²) >= 11 is 0. The largest absolute Gasteiger partial charge is 0.352 e. The summed E-state index contributed by atoms with van der Waals surface area (Å²) in [7, 11) is 0. The number of alkyl halides is 1. The molecule has 1 heterocycles. The summed E-state index contributed by atoms with van der Waals surface area (Å²) in [5, 5.41) is 15.7. The highest BCUT2D eigenvalue weighted by atomic mass is 19.1. The number of carbonyl (C=O) groups excluding carboxylic acids is 2. The number of aryl methyl sites for hydroxylation is 1. The van der Waals surface area contributed by atoms with Gasteiger partial charge in [-0.3, -0.25) is 9.59 Å². The minimum Gasteiger partial charge on any atom is -0.352 e. The first-order valence-corrected chi connectivity index (χ1v) is 11.3. The Balaban J connectivity index is 1.28. The Morgan fingerprint density at radius 3 is 2.42 bits per heavy atom. The van der Waals surface area contributed by atoms with Crippen LogP contribution in [0.15, 0.2) is 24.3 Å². The third-order valence-corrected chi connectivity index (χ3v) is 7.64. The number of fused-ring (bicyclic) bond motifs is 3. The maximum absolute atomic E-state index is 13.6. The van der Waals surface area contributed by atoms with Gasteiger partial charge in [0.05, 0.1) is 19.2 Å². The summed E-state index contributed by atoms with van der Waals surface area (Å²) in [4.78, 5) is 26.9. The number of nitrogens with zero attached hydrogens (tertiary/aromatic N) is 2. The van der Waals surface area contributed by atoms with E-state index in [1.807, 2.05) is 25.1 Å². The third-order valence-electron chi connectivity index (χ3n) is 7.64. The Hall–Kier alpha value is -2.46. The molecule has 7 heteroatoms. The van der Waals surface area contributed by atoms with E-state index < -0.39 is 12.2 Å². The molecule has 4 fully saturated rings. The summed E-state index contributed by atoms with van der Waals surface area (Å²) in [6, 6.07) is 9.56. The molecule has 3 saturated carbocycles. The first kappa shape index (κ1) is 21.8. The number of nitrogens with one attached hydrogen (secondary N) is 2. The van der Waals surface area contributed by atoms with Crippen LogP contribution in [0.3, 0.4) is 0 Å². The monoisotopic (exact) mass is 426 g/mol. The van der Waals surface area contributed by atoms with Gasteiger partial charge in [0.25, 0.3) is 0 Å². The molecule has 1 aromatic carbocycles. The fourth-order valence-electron chi connectivity index (χ4n) is 5.41. The van der Waals surface area contributed by atoms with Crippen LogP contribution in [-0.4, -0.2) is 47.6 Å². The second-order valence-corrected chi connectivity index (χ2v) is 9.61. The maximum atomic E-state index is 13.6. The molecule has 1 aromatic rings. The third kappa shape index (κ3) is 4.45. The van der Waals surface area contributed by atoms with Crippen molar-refractivity contribution in [1.82, 2.24) is 15.5 Å². The van der Waals surface area contributed by atoms with Gasteiger partial charge >= 0.3 is 0 Å². The Morgan fingerprint density at radius 2 is 1.81 bits per heavy atom. The molecule has 3 aliphatic carbocycles. The van der Waals surface area contributed by atoms with Crippen LogP contribution in [0.2, 0.25) is 0 Å². The molecule has 0 spiro atoms. The molecule has 2 N–H and O–H groups in total. The van der Waals surface area contributed by atoms with E-state index in [0.717, 1.165) is 44.1 Å². The van der Waals surface area contributed by atoms with Gasteiger partial charge in [-0.15, -0.1) is 0 Å². The van der Waals surface area contributed by atoms with Crippen LogP contribution in [0.1, 0.15) is 56.1 Å². The molecule has 0 unspecified atom stereocenters. The van der Waals surface area contributed by atoms with Crippen LogP contribution < -0.4 is 10.6 Å². The SMILES string of the molecule is Cc1ccc(CNC(=O)C23CCC(NCC(=O)N4C[C@@H](F)C[C@H]4C#N)(CC2)CC3)cc1. The fourth-order valence-corrected chi connectivity index (χ4v) is 5.41. The molecule has 4 aliphatic rings. The molecule has 2 bridgehead atoms. The average Bonchev–Trinajstić information content (AvgIpc) is 3.19. The van der Waals surface area contributed by atoms with Crippen LogP contribution in [-0.2, 0) is 16.1 Å². The maximum Gasteiger partial charge on any atom is 0.237 e. The van der Waals surface area contributed by atoms with Gasteiger partial charge in [-0.05, 0) is 51.0 Å². The zero-order valence-corrected chi connectivity index (χ0v) is 18.1. The first-order valence-electron chi connectivity index (χ1n) is 11.3. The van der Waals surface area contributed by atoms with Crippen LogP contribution >= 0.6 is 0 Å². The summed E-state index contributed by atoms with van der Waals surface area (Å²) in [6.45, 7) is 2.72. The van der Waals surface area contributed by atoms with Crippen molar-refractivity contribution in [1.29, 1.82) is 5.26 Å². The van der Waals surface area contributed by atoms with E-state index in [-0.39, 0.29) is 42.3 Å². The summed E-state index contributed by atoms with van der Waals surface area (Å²) < 4.78 is 13.6. The lowest BCUT2D eigenvalue weighted by Crippen LogP contribution is -2.60. The Labute approximate surface area is 183 Å². The topological polar surface area (TPSA) is 85.2 Å². The zero-order valence-electron chi connectivity index (χ0n) is 18.1. The number of likely N-dealkylation sites (tertiary alicyclic amines) is 1. The number of amides is 2. The number of hydrogen-bond acceptors (Lipinski definition) is 4. The highest BCUT2D eigenvalue weighted by molar-refractivity contribution is 5.83. The Kier molecular flexibility index (Phi) is 6.02. The van der Waals surface area contributed by atoms with Gasteiger partial charge in [-0.1, -0.05) is 29.8 Å². The van der Waals surface area contributed by atoms with Crippen molar-refractivity contribution in [3.05, 3.63) is 35.4 Å². The van der Waals surface area contributed by atoms with E-state index in [1.54, 1.807) is 0 Å². The van der Waals surface area contributed by atoms with Crippen LogP contribution in [0.25, 0.3) is 0 Å². The molecule has 2 atom stereocenters. The number of rotatable bonds is 6. The van der Waals surface area contributed by atoms with Gasteiger partial charge in [0, 0.05) is 23.9 Å². The zero-order chi connectivity index (χ0) is 22.1. The molecule has 166 valence electrons. The fraction of sp³-hybridized carbons (Fsp3) is 0.625. The van der Waals surface area contributed by atoms with Gasteiger partial charge in [0.2, 0.25) is 11.8 Å². The summed E-state index contributed by atoms with van der Waals surface area (Å²) in [5.74, 6) is -0.0697. The second-order valence-electron chi connectivity index (χ2n) is 9.61. The van der Waals surface area contributed by atoms with Gasteiger partial charge in [0.15, 0.2) is 0 Å². The highest BCUT2D eigenvalue weighted by Gasteiger charge is 2.52. The molecule has 0 aromatic heterocycles. The molecular weight excluding hydrogens is 395 g/mol. The predicted octanol–water partition coefficient (Wildman–Crippen LogP) is 2.76. The van der Waals surface area contributed by atoms with Crippen molar-refractivity contribution in [3.63, 3.8) is 0 Å². The lowest BCUT2D eigenvalue weighted by atomic mass is 9.57. The minimum atomic E-state index is -1.12. The average molecular weight is 427 g/mol. The van der Waals surface area contributed by atoms with E-state index >= 15 is 0 Å². The summed E-state index contributed by atoms with van der Waals surface area (Å²) in [5.41, 5.74) is 1.86. The molecule has 2 amide bonds. The van der Waals surface area contributed by atoms with E-state index in [4.69, 9.17) is 5.26 Å². The number of nitriles is 1. The molecule has 5 rings (SSSR count).